The Balaban J connectivity index is 1.36. The fraction of sp³-hybridized carbons (Fsp3) is 0.273. The summed E-state index contributed by atoms with van der Waals surface area (Å²) in [5, 5.41) is 10.2. The van der Waals surface area contributed by atoms with E-state index in [2.05, 4.69) is 31.1 Å². The molecule has 4 rings (SSSR count). The number of hydrogen-bond acceptors (Lipinski definition) is 4. The molecule has 2 N–H and O–H groups in total. The zero-order valence-corrected chi connectivity index (χ0v) is 17.9. The lowest BCUT2D eigenvalue weighted by Crippen LogP contribution is -2.28. The maximum Gasteiger partial charge on any atom is 0.221 e. The molecule has 1 amide bonds. The molecule has 8 heteroatoms. The van der Waals surface area contributed by atoms with E-state index in [1.807, 2.05) is 60.9 Å². The van der Waals surface area contributed by atoms with Crippen LogP contribution < -0.4 is 5.32 Å². The third-order valence-corrected chi connectivity index (χ3v) is 5.41. The Labute approximate surface area is 179 Å². The highest BCUT2D eigenvalue weighted by Crippen LogP contribution is 2.19. The second-order valence-corrected chi connectivity index (χ2v) is 7.66. The van der Waals surface area contributed by atoms with E-state index in [0.29, 0.717) is 30.8 Å². The lowest BCUT2D eigenvalue weighted by Gasteiger charge is -2.10. The number of nitrogens with one attached hydrogen (secondary N) is 2. The predicted octanol–water partition coefficient (Wildman–Crippen LogP) is 3.78. The van der Waals surface area contributed by atoms with Crippen LogP contribution in [0.4, 0.5) is 0 Å². The number of aryl methyl sites for hydroxylation is 2. The van der Waals surface area contributed by atoms with Gasteiger partial charge in [0, 0.05) is 31.6 Å². The molecule has 7 nitrogen and oxygen atoms in total. The van der Waals surface area contributed by atoms with Gasteiger partial charge in [-0.15, -0.1) is 0 Å². The van der Waals surface area contributed by atoms with Crippen molar-refractivity contribution in [3.8, 4) is 11.4 Å². The Morgan fingerprint density at radius 3 is 2.77 bits per heavy atom. The van der Waals surface area contributed by atoms with Gasteiger partial charge in [-0.2, -0.15) is 5.10 Å². The third-order valence-electron chi connectivity index (χ3n) is 5.10. The van der Waals surface area contributed by atoms with Gasteiger partial charge in [0.25, 0.3) is 0 Å². The summed E-state index contributed by atoms with van der Waals surface area (Å²) in [5.41, 5.74) is 4.18. The molecule has 0 fully saturated rings. The van der Waals surface area contributed by atoms with E-state index in [1.54, 1.807) is 0 Å². The molecule has 154 valence electrons. The maximum atomic E-state index is 12.4. The molecule has 2 heterocycles. The first-order chi connectivity index (χ1) is 14.5. The molecule has 4 aromatic rings. The van der Waals surface area contributed by atoms with E-state index in [1.165, 1.54) is 0 Å². The van der Waals surface area contributed by atoms with Crippen LogP contribution in [0.25, 0.3) is 22.4 Å². The number of carbonyl (C=O) groups is 1. The molecule has 0 spiro atoms. The summed E-state index contributed by atoms with van der Waals surface area (Å²) in [7, 11) is 0. The Morgan fingerprint density at radius 2 is 1.93 bits per heavy atom. The molecule has 0 saturated carbocycles. The summed E-state index contributed by atoms with van der Waals surface area (Å²) in [5.74, 6) is 1.67. The van der Waals surface area contributed by atoms with Gasteiger partial charge in [-0.05, 0) is 44.3 Å². The number of rotatable bonds is 7. The Kier molecular flexibility index (Phi) is 5.76. The average Bonchev–Trinajstić information content (AvgIpc) is 3.26. The van der Waals surface area contributed by atoms with Crippen molar-refractivity contribution in [1.29, 1.82) is 0 Å². The molecule has 0 unspecified atom stereocenters. The van der Waals surface area contributed by atoms with Crippen molar-refractivity contribution in [2.45, 2.75) is 33.4 Å². The number of aromatic amines is 1. The Bertz CT molecular complexity index is 1250. The van der Waals surface area contributed by atoms with Gasteiger partial charge in [-0.3, -0.25) is 14.5 Å². The molecule has 0 aliphatic heterocycles. The van der Waals surface area contributed by atoms with Crippen molar-refractivity contribution in [2.75, 3.05) is 6.54 Å². The molecule has 30 heavy (non-hydrogen) atoms. The Hall–Kier alpha value is -3.26. The van der Waals surface area contributed by atoms with E-state index >= 15 is 0 Å². The number of aromatic nitrogens is 5. The average molecular weight is 421 g/mol. The van der Waals surface area contributed by atoms with Crippen LogP contribution in [0.5, 0.6) is 0 Å². The fourth-order valence-corrected chi connectivity index (χ4v) is 3.84. The number of hydrogen-bond donors (Lipinski definition) is 2. The van der Waals surface area contributed by atoms with Crippen molar-refractivity contribution in [2.24, 2.45) is 0 Å². The van der Waals surface area contributed by atoms with Crippen LogP contribution in [0.2, 0.25) is 0 Å². The first kappa shape index (κ1) is 20.0. The molecule has 0 bridgehead atoms. The van der Waals surface area contributed by atoms with Gasteiger partial charge in [0.1, 0.15) is 5.82 Å². The number of carbonyl (C=O) groups excluding carboxylic acids is 1. The number of para-hydroxylation sites is 2. The minimum Gasteiger partial charge on any atom is -0.354 e. The zero-order chi connectivity index (χ0) is 21.1. The minimum atomic E-state index is -0.0182. The molecule has 2 aromatic heterocycles. The molecule has 0 saturated heterocycles. The second-order valence-electron chi connectivity index (χ2n) is 7.27. The van der Waals surface area contributed by atoms with Crippen LogP contribution in [-0.4, -0.2) is 36.8 Å². The molecule has 0 atom stereocenters. The number of fused-ring (bicyclic) bond motifs is 1. The van der Waals surface area contributed by atoms with Gasteiger partial charge in [-0.25, -0.2) is 4.98 Å². The summed E-state index contributed by atoms with van der Waals surface area (Å²) >= 11 is 5.36. The fourth-order valence-electron chi connectivity index (χ4n) is 3.62. The maximum absolute atomic E-state index is 12.4. The molecule has 0 aliphatic carbocycles. The van der Waals surface area contributed by atoms with Gasteiger partial charge < -0.3 is 9.88 Å². The highest BCUT2D eigenvalue weighted by Gasteiger charge is 2.11. The summed E-state index contributed by atoms with van der Waals surface area (Å²) in [6.45, 7) is 5.71. The van der Waals surface area contributed by atoms with Crippen molar-refractivity contribution in [3.05, 3.63) is 64.7 Å². The smallest absolute Gasteiger partial charge is 0.221 e. The topological polar surface area (TPSA) is 80.5 Å². The number of nitrogens with zero attached hydrogens (tertiary/aromatic N) is 4. The molecule has 0 aliphatic rings. The standard InChI is InChI=1S/C22H24N6OS/c1-15-6-5-7-17(14-15)21-25-26-22(30)28(21)12-10-20(29)23-11-13-27-16(2)24-18-8-3-4-9-19(18)27/h3-9,14H,10-13H2,1-2H3,(H,23,29)(H,26,30). The van der Waals surface area contributed by atoms with Crippen molar-refractivity contribution in [1.82, 2.24) is 29.6 Å². The Morgan fingerprint density at radius 1 is 1.10 bits per heavy atom. The molecular formula is C22H24N6OS. The first-order valence-corrected chi connectivity index (χ1v) is 10.3. The normalized spacial score (nSPS) is 11.1. The summed E-state index contributed by atoms with van der Waals surface area (Å²) in [6, 6.07) is 16.1. The predicted molar refractivity (Wildman–Crippen MR) is 120 cm³/mol. The first-order valence-electron chi connectivity index (χ1n) is 9.94. The number of imidazole rings is 1. The van der Waals surface area contributed by atoms with Gasteiger partial charge in [0.15, 0.2) is 10.6 Å². The van der Waals surface area contributed by atoms with Crippen LogP contribution in [0, 0.1) is 18.6 Å². The molecular weight excluding hydrogens is 396 g/mol. The van der Waals surface area contributed by atoms with Crippen LogP contribution in [-0.2, 0) is 17.9 Å². The van der Waals surface area contributed by atoms with Crippen molar-refractivity contribution in [3.63, 3.8) is 0 Å². The van der Waals surface area contributed by atoms with E-state index in [-0.39, 0.29) is 5.91 Å². The van der Waals surface area contributed by atoms with Crippen molar-refractivity contribution >= 4 is 29.2 Å². The monoisotopic (exact) mass is 420 g/mol. The van der Waals surface area contributed by atoms with Crippen molar-refractivity contribution < 1.29 is 4.79 Å². The SMILES string of the molecule is Cc1cccc(-c2n[nH]c(=S)n2CCC(=O)NCCn2c(C)nc3ccccc32)c1. The second kappa shape index (κ2) is 8.62. The largest absolute Gasteiger partial charge is 0.354 e. The van der Waals surface area contributed by atoms with Crippen LogP contribution >= 0.6 is 12.2 Å². The minimum absolute atomic E-state index is 0.0182. The van der Waals surface area contributed by atoms with Crippen LogP contribution in [0.15, 0.2) is 48.5 Å². The van der Waals surface area contributed by atoms with E-state index in [0.717, 1.165) is 33.8 Å². The zero-order valence-electron chi connectivity index (χ0n) is 17.1. The van der Waals surface area contributed by atoms with Crippen LogP contribution in [0.3, 0.4) is 0 Å². The molecule has 2 aromatic carbocycles. The summed E-state index contributed by atoms with van der Waals surface area (Å²) < 4.78 is 4.51. The van der Waals surface area contributed by atoms with E-state index < -0.39 is 0 Å². The van der Waals surface area contributed by atoms with E-state index in [9.17, 15) is 4.79 Å². The van der Waals surface area contributed by atoms with Gasteiger partial charge in [0.2, 0.25) is 5.91 Å². The number of benzene rings is 2. The van der Waals surface area contributed by atoms with Crippen LogP contribution in [0.1, 0.15) is 17.8 Å². The lowest BCUT2D eigenvalue weighted by atomic mass is 10.1. The van der Waals surface area contributed by atoms with Gasteiger partial charge in [-0.1, -0.05) is 35.9 Å². The quantitative estimate of drug-likeness (QED) is 0.446. The summed E-state index contributed by atoms with van der Waals surface area (Å²) in [4.78, 5) is 17.0. The summed E-state index contributed by atoms with van der Waals surface area (Å²) in [6.07, 6.45) is 0.330. The number of H-pyrrole nitrogens is 1. The van der Waals surface area contributed by atoms with Gasteiger partial charge in [0.05, 0.1) is 11.0 Å². The number of amides is 1. The third kappa shape index (κ3) is 4.18. The van der Waals surface area contributed by atoms with Gasteiger partial charge >= 0.3 is 0 Å². The highest BCUT2D eigenvalue weighted by atomic mass is 32.1. The van der Waals surface area contributed by atoms with E-state index in [4.69, 9.17) is 12.2 Å². The molecule has 0 radical (unpaired) electrons. The lowest BCUT2D eigenvalue weighted by molar-refractivity contribution is -0.121. The highest BCUT2D eigenvalue weighted by molar-refractivity contribution is 7.71.